The lowest BCUT2D eigenvalue weighted by molar-refractivity contribution is -0.149. The third-order valence-electron chi connectivity index (χ3n) is 4.86. The number of ether oxygens (including phenoxy) is 1. The molecule has 0 heterocycles. The Morgan fingerprint density at radius 1 is 1.24 bits per heavy atom. The number of aliphatic carboxylic acids is 1. The average Bonchev–Trinajstić information content (AvgIpc) is 2.53. The molecule has 0 aromatic rings. The van der Waals surface area contributed by atoms with Crippen molar-refractivity contribution in [2.75, 3.05) is 7.11 Å². The molecule has 148 valence electrons. The monoisotopic (exact) mass is 358 g/mol. The van der Waals surface area contributed by atoms with Crippen LogP contribution in [0, 0.1) is 17.3 Å². The standard InChI is InChI=1S/C19H34O5.CH4/c1-7-8-9-10-11-13(2)17(22)14(3)18(23)19(4,5)15(24-6)12-16(20)21;/h7-8,13-15,17,22H,9-12H2,1-6H3,(H,20,21);1H4. The molecule has 0 aliphatic rings. The first kappa shape index (κ1) is 26.0. The van der Waals surface area contributed by atoms with Crippen molar-refractivity contribution in [3.8, 4) is 0 Å². The number of Topliss-reactive ketones (excluding diaryl/α,β-unsaturated/α-hetero) is 1. The van der Waals surface area contributed by atoms with Crippen LogP contribution in [0.1, 0.15) is 67.7 Å². The topological polar surface area (TPSA) is 83.8 Å². The van der Waals surface area contributed by atoms with Gasteiger partial charge in [0.05, 0.1) is 24.0 Å². The number of carboxylic acid groups (broad SMARTS) is 1. The van der Waals surface area contributed by atoms with E-state index in [1.165, 1.54) is 7.11 Å². The van der Waals surface area contributed by atoms with Gasteiger partial charge in [0.2, 0.25) is 0 Å². The van der Waals surface area contributed by atoms with Crippen LogP contribution >= 0.6 is 0 Å². The summed E-state index contributed by atoms with van der Waals surface area (Å²) in [5.41, 5.74) is -0.974. The molecule has 0 aliphatic carbocycles. The van der Waals surface area contributed by atoms with Crippen molar-refractivity contribution in [3.05, 3.63) is 12.2 Å². The fourth-order valence-electron chi connectivity index (χ4n) is 3.08. The molecular weight excluding hydrogens is 320 g/mol. The number of unbranched alkanes of at least 4 members (excludes halogenated alkanes) is 1. The van der Waals surface area contributed by atoms with Crippen LogP contribution in [0.4, 0.5) is 0 Å². The second-order valence-electron chi connectivity index (χ2n) is 7.16. The van der Waals surface area contributed by atoms with E-state index in [-0.39, 0.29) is 25.5 Å². The molecule has 0 aliphatic heterocycles. The molecular formula is C20H38O5. The lowest BCUT2D eigenvalue weighted by Gasteiger charge is -2.35. The molecule has 0 bridgehead atoms. The number of allylic oxidation sites excluding steroid dienone is 2. The van der Waals surface area contributed by atoms with Gasteiger partial charge in [-0.1, -0.05) is 47.3 Å². The number of ketones is 1. The number of carbonyl (C=O) groups excluding carboxylic acids is 1. The van der Waals surface area contributed by atoms with Crippen molar-refractivity contribution in [2.45, 2.75) is 79.9 Å². The number of carboxylic acids is 1. The molecule has 0 saturated heterocycles. The fourth-order valence-corrected chi connectivity index (χ4v) is 3.08. The van der Waals surface area contributed by atoms with Gasteiger partial charge in [0.25, 0.3) is 0 Å². The highest BCUT2D eigenvalue weighted by Crippen LogP contribution is 2.32. The molecule has 5 heteroatoms. The van der Waals surface area contributed by atoms with Crippen molar-refractivity contribution in [1.29, 1.82) is 0 Å². The number of hydrogen-bond acceptors (Lipinski definition) is 4. The first-order valence-corrected chi connectivity index (χ1v) is 8.67. The van der Waals surface area contributed by atoms with Crippen LogP contribution in [0.2, 0.25) is 0 Å². The number of hydrogen-bond donors (Lipinski definition) is 2. The van der Waals surface area contributed by atoms with E-state index >= 15 is 0 Å². The summed E-state index contributed by atoms with van der Waals surface area (Å²) < 4.78 is 5.24. The van der Waals surface area contributed by atoms with E-state index in [0.29, 0.717) is 0 Å². The lowest BCUT2D eigenvalue weighted by Crippen LogP contribution is -2.46. The summed E-state index contributed by atoms with van der Waals surface area (Å²) in [5.74, 6) is -1.73. The van der Waals surface area contributed by atoms with Crippen LogP contribution < -0.4 is 0 Å². The molecule has 0 amide bonds. The molecule has 25 heavy (non-hydrogen) atoms. The Morgan fingerprint density at radius 3 is 2.24 bits per heavy atom. The SMILES string of the molecule is C.CC=CCCCC(C)C(O)C(C)C(=O)C(C)(C)C(CC(=O)O)OC. The average molecular weight is 359 g/mol. The first-order valence-electron chi connectivity index (χ1n) is 8.67. The van der Waals surface area contributed by atoms with Crippen LogP contribution in [-0.2, 0) is 14.3 Å². The highest BCUT2D eigenvalue weighted by molar-refractivity contribution is 5.87. The summed E-state index contributed by atoms with van der Waals surface area (Å²) in [6, 6.07) is 0. The molecule has 0 rings (SSSR count). The molecule has 0 aromatic heterocycles. The lowest BCUT2D eigenvalue weighted by atomic mass is 9.73. The zero-order valence-electron chi connectivity index (χ0n) is 15.9. The van der Waals surface area contributed by atoms with Crippen molar-refractivity contribution >= 4 is 11.8 Å². The zero-order valence-corrected chi connectivity index (χ0v) is 15.9. The number of carbonyl (C=O) groups is 2. The Balaban J connectivity index is 0. The second kappa shape index (κ2) is 12.2. The fraction of sp³-hybridized carbons (Fsp3) is 0.800. The Morgan fingerprint density at radius 2 is 1.80 bits per heavy atom. The maximum atomic E-state index is 12.8. The molecule has 2 N–H and O–H groups in total. The largest absolute Gasteiger partial charge is 0.481 e. The van der Waals surface area contributed by atoms with Crippen molar-refractivity contribution < 1.29 is 24.5 Å². The van der Waals surface area contributed by atoms with Gasteiger partial charge in [-0.25, -0.2) is 0 Å². The molecule has 0 saturated carbocycles. The summed E-state index contributed by atoms with van der Waals surface area (Å²) in [7, 11) is 1.41. The van der Waals surface area contributed by atoms with E-state index in [0.717, 1.165) is 19.3 Å². The maximum absolute atomic E-state index is 12.8. The predicted octanol–water partition coefficient (Wildman–Crippen LogP) is 4.09. The minimum Gasteiger partial charge on any atom is -0.481 e. The van der Waals surface area contributed by atoms with Crippen LogP contribution in [-0.4, -0.2) is 41.3 Å². The van der Waals surface area contributed by atoms with Gasteiger partial charge >= 0.3 is 5.97 Å². The highest BCUT2D eigenvalue weighted by atomic mass is 16.5. The van der Waals surface area contributed by atoms with Gasteiger partial charge in [-0.3, -0.25) is 9.59 Å². The van der Waals surface area contributed by atoms with Crippen LogP contribution in [0.5, 0.6) is 0 Å². The van der Waals surface area contributed by atoms with E-state index in [2.05, 4.69) is 6.08 Å². The van der Waals surface area contributed by atoms with Gasteiger partial charge in [-0.2, -0.15) is 0 Å². The van der Waals surface area contributed by atoms with E-state index < -0.39 is 29.5 Å². The summed E-state index contributed by atoms with van der Waals surface area (Å²) in [6.07, 6.45) is 5.16. The van der Waals surface area contributed by atoms with Crippen molar-refractivity contribution in [3.63, 3.8) is 0 Å². The van der Waals surface area contributed by atoms with Gasteiger partial charge in [0.15, 0.2) is 0 Å². The van der Waals surface area contributed by atoms with E-state index in [1.54, 1.807) is 20.8 Å². The molecule has 5 nitrogen and oxygen atoms in total. The Labute approximate surface area is 153 Å². The number of methoxy groups -OCH3 is 1. The zero-order chi connectivity index (χ0) is 18.9. The van der Waals surface area contributed by atoms with Gasteiger partial charge in [-0.05, 0) is 32.1 Å². The van der Waals surface area contributed by atoms with Gasteiger partial charge in [-0.15, -0.1) is 0 Å². The Hall–Kier alpha value is -1.20. The minimum absolute atomic E-state index is 0. The highest BCUT2D eigenvalue weighted by Gasteiger charge is 2.42. The minimum atomic E-state index is -1.01. The first-order chi connectivity index (χ1) is 11.1. The van der Waals surface area contributed by atoms with Gasteiger partial charge in [0, 0.05) is 13.0 Å². The Bertz CT molecular complexity index is 428. The number of aliphatic hydroxyl groups excluding tert-OH is 1. The summed E-state index contributed by atoms with van der Waals surface area (Å²) in [4.78, 5) is 23.8. The third kappa shape index (κ3) is 8.15. The smallest absolute Gasteiger partial charge is 0.306 e. The van der Waals surface area contributed by atoms with Crippen molar-refractivity contribution in [1.82, 2.24) is 0 Å². The quantitative estimate of drug-likeness (QED) is 0.405. The van der Waals surface area contributed by atoms with Gasteiger partial charge in [0.1, 0.15) is 5.78 Å². The molecule has 0 fully saturated rings. The predicted molar refractivity (Wildman–Crippen MR) is 102 cm³/mol. The summed E-state index contributed by atoms with van der Waals surface area (Å²) in [5, 5.41) is 19.5. The third-order valence-corrected chi connectivity index (χ3v) is 4.86. The summed E-state index contributed by atoms with van der Waals surface area (Å²) in [6.45, 7) is 9.01. The Kier molecular flexibility index (Phi) is 12.7. The van der Waals surface area contributed by atoms with E-state index in [1.807, 2.05) is 19.9 Å². The van der Waals surface area contributed by atoms with Gasteiger partial charge < -0.3 is 14.9 Å². The maximum Gasteiger partial charge on any atom is 0.306 e. The van der Waals surface area contributed by atoms with Crippen LogP contribution in [0.3, 0.4) is 0 Å². The molecule has 0 spiro atoms. The summed E-state index contributed by atoms with van der Waals surface area (Å²) >= 11 is 0. The molecule has 4 atom stereocenters. The molecule has 0 aromatic carbocycles. The number of rotatable bonds is 12. The second-order valence-corrected chi connectivity index (χ2v) is 7.16. The van der Waals surface area contributed by atoms with Crippen LogP contribution in [0.15, 0.2) is 12.2 Å². The van der Waals surface area contributed by atoms with Crippen molar-refractivity contribution in [2.24, 2.45) is 17.3 Å². The number of aliphatic hydroxyl groups is 1. The van der Waals surface area contributed by atoms with E-state index in [4.69, 9.17) is 9.84 Å². The molecule has 4 unspecified atom stereocenters. The van der Waals surface area contributed by atoms with E-state index in [9.17, 15) is 14.7 Å². The molecule has 0 radical (unpaired) electrons. The van der Waals surface area contributed by atoms with Crippen LogP contribution in [0.25, 0.3) is 0 Å². The normalized spacial score (nSPS) is 16.8.